The molecule has 22 heteroatoms. The molecule has 1 saturated heterocycles. The predicted octanol–water partition coefficient (Wildman–Crippen LogP) is 3.16. The molecule has 0 saturated carbocycles. The first-order chi connectivity index (χ1) is 19.9. The van der Waals surface area contributed by atoms with Crippen molar-refractivity contribution in [1.29, 1.82) is 0 Å². The molecule has 0 bridgehead atoms. The molecule has 1 aromatic heterocycles. The summed E-state index contributed by atoms with van der Waals surface area (Å²) in [5.74, 6) is 0.0515. The minimum atomic E-state index is -5.79. The van der Waals surface area contributed by atoms with Crippen molar-refractivity contribution in [3.05, 3.63) is 68.0 Å². The van der Waals surface area contributed by atoms with Crippen LogP contribution in [0, 0.1) is 6.92 Å². The number of aryl methyl sites for hydroxylation is 1. The number of nitrogens with zero attached hydrogens (tertiary/aromatic N) is 1. The normalized spacial score (nSPS) is 22.4. The van der Waals surface area contributed by atoms with Crippen LogP contribution in [0.25, 0.3) is 0 Å². The number of esters is 1. The summed E-state index contributed by atoms with van der Waals surface area (Å²) < 4.78 is 59.4. The molecule has 1 fully saturated rings. The Morgan fingerprint density at radius 1 is 1.14 bits per heavy atom. The van der Waals surface area contributed by atoms with Crippen molar-refractivity contribution in [2.75, 3.05) is 12.4 Å². The minimum Gasteiger partial charge on any atom is -0.456 e. The van der Waals surface area contributed by atoms with E-state index in [2.05, 4.69) is 13.6 Å². The second-order valence-electron chi connectivity index (χ2n) is 8.91. The van der Waals surface area contributed by atoms with Gasteiger partial charge in [-0.3, -0.25) is 18.9 Å². The molecule has 1 aliphatic rings. The van der Waals surface area contributed by atoms with Crippen LogP contribution in [0.5, 0.6) is 0 Å². The van der Waals surface area contributed by atoms with Gasteiger partial charge in [0.2, 0.25) is 0 Å². The van der Waals surface area contributed by atoms with E-state index in [4.69, 9.17) is 23.8 Å². The van der Waals surface area contributed by atoms with Gasteiger partial charge in [0.05, 0.1) is 12.2 Å². The van der Waals surface area contributed by atoms with Gasteiger partial charge in [0.1, 0.15) is 18.4 Å². The number of ether oxygens (including phenoxy) is 2. The van der Waals surface area contributed by atoms with Gasteiger partial charge in [0, 0.05) is 29.2 Å². The van der Waals surface area contributed by atoms with Crippen molar-refractivity contribution < 1.29 is 60.7 Å². The third-order valence-corrected chi connectivity index (χ3v) is 12.4. The van der Waals surface area contributed by atoms with Gasteiger partial charge >= 0.3 is 35.1 Å². The van der Waals surface area contributed by atoms with Crippen LogP contribution in [0.4, 0.5) is 0 Å². The first-order valence-electron chi connectivity index (χ1n) is 12.3. The van der Waals surface area contributed by atoms with Crippen molar-refractivity contribution in [2.45, 2.75) is 50.9 Å². The Labute approximate surface area is 252 Å². The van der Waals surface area contributed by atoms with Gasteiger partial charge in [-0.2, -0.15) is 8.62 Å². The highest BCUT2D eigenvalue weighted by Crippen LogP contribution is 2.66. The highest BCUT2D eigenvalue weighted by atomic mass is 33.1. The third-order valence-electron chi connectivity index (χ3n) is 5.66. The SMILES string of the molecule is CCSSC(C)c1ccccc1C(=O)OC1C[C@H](n2cc(C)c(=O)[nH]c2=O)O[C@@H]1COP(=O)(O)OP(=O)(O)OP(=O)(O)O. The number of benzene rings is 1. The standard InChI is InChI=1S/C21H29N2O15P3S2/c1-4-42-43-13(3)14-7-5-6-8-15(14)20(25)36-16-9-18(23-10-12(2)19(24)22-21(23)26)35-17(16)11-34-40(30,31)38-41(32,33)37-39(27,28)29/h5-8,10,13,16-18H,4,9,11H2,1-3H3,(H,30,31)(H,32,33)(H,22,24,26)(H2,27,28,29)/t13?,16?,17-,18-/m1/s1. The van der Waals surface area contributed by atoms with Crippen LogP contribution in [0.2, 0.25) is 0 Å². The number of hydrogen-bond donors (Lipinski definition) is 5. The quantitative estimate of drug-likeness (QED) is 0.107. The lowest BCUT2D eigenvalue weighted by molar-refractivity contribution is -0.0512. The minimum absolute atomic E-state index is 0.106. The summed E-state index contributed by atoms with van der Waals surface area (Å²) in [6, 6.07) is 6.70. The molecule has 6 atom stereocenters. The van der Waals surface area contributed by atoms with E-state index in [1.165, 1.54) is 13.1 Å². The summed E-state index contributed by atoms with van der Waals surface area (Å²) in [4.78, 5) is 76.4. The summed E-state index contributed by atoms with van der Waals surface area (Å²) >= 11 is 0. The number of carbonyl (C=O) groups excluding carboxylic acids is 1. The molecule has 3 rings (SSSR count). The number of rotatable bonds is 14. The van der Waals surface area contributed by atoms with E-state index in [0.29, 0.717) is 5.56 Å². The maximum absolute atomic E-state index is 13.3. The summed E-state index contributed by atoms with van der Waals surface area (Å²) in [6.45, 7) is 4.39. The Hall–Kier alpha value is -1.56. The number of carbonyl (C=O) groups is 1. The largest absolute Gasteiger partial charge is 0.490 e. The van der Waals surface area contributed by atoms with Crippen molar-refractivity contribution >= 4 is 51.0 Å². The number of H-pyrrole nitrogens is 1. The number of hydrogen-bond acceptors (Lipinski definition) is 13. The number of phosphoric ester groups is 1. The fourth-order valence-corrected chi connectivity index (χ4v) is 8.89. The summed E-state index contributed by atoms with van der Waals surface area (Å²) in [6.07, 6.45) is -2.77. The first kappa shape index (κ1) is 35.9. The molecule has 43 heavy (non-hydrogen) atoms. The van der Waals surface area contributed by atoms with E-state index in [-0.39, 0.29) is 22.8 Å². The van der Waals surface area contributed by atoms with Gasteiger partial charge in [0.25, 0.3) is 5.56 Å². The van der Waals surface area contributed by atoms with Gasteiger partial charge in [-0.15, -0.1) is 0 Å². The second kappa shape index (κ2) is 14.7. The molecule has 1 aliphatic heterocycles. The highest BCUT2D eigenvalue weighted by molar-refractivity contribution is 8.76. The summed E-state index contributed by atoms with van der Waals surface area (Å²) in [5.41, 5.74) is -0.448. The Morgan fingerprint density at radius 2 is 1.81 bits per heavy atom. The van der Waals surface area contributed by atoms with Gasteiger partial charge < -0.3 is 29.0 Å². The lowest BCUT2D eigenvalue weighted by Crippen LogP contribution is -2.33. The zero-order valence-electron chi connectivity index (χ0n) is 22.7. The summed E-state index contributed by atoms with van der Waals surface area (Å²) in [7, 11) is -13.8. The average molecular weight is 707 g/mol. The van der Waals surface area contributed by atoms with Crippen molar-refractivity contribution in [2.24, 2.45) is 0 Å². The van der Waals surface area contributed by atoms with Gasteiger partial charge in [0.15, 0.2) is 0 Å². The van der Waals surface area contributed by atoms with E-state index in [0.717, 1.165) is 10.3 Å². The zero-order valence-corrected chi connectivity index (χ0v) is 27.0. The van der Waals surface area contributed by atoms with Gasteiger partial charge in [-0.1, -0.05) is 46.7 Å². The van der Waals surface area contributed by atoms with Crippen molar-refractivity contribution in [3.63, 3.8) is 0 Å². The third kappa shape index (κ3) is 10.5. The molecule has 0 spiro atoms. The van der Waals surface area contributed by atoms with Crippen molar-refractivity contribution in [1.82, 2.24) is 9.55 Å². The van der Waals surface area contributed by atoms with Crippen LogP contribution >= 0.6 is 45.1 Å². The lowest BCUT2D eigenvalue weighted by atomic mass is 10.0. The molecular weight excluding hydrogens is 677 g/mol. The van der Waals surface area contributed by atoms with Gasteiger partial charge in [-0.05, 0) is 25.5 Å². The zero-order chi connectivity index (χ0) is 32.2. The maximum Gasteiger partial charge on any atom is 0.490 e. The Morgan fingerprint density at radius 3 is 2.47 bits per heavy atom. The van der Waals surface area contributed by atoms with Crippen LogP contribution in [-0.4, -0.2) is 59.7 Å². The van der Waals surface area contributed by atoms with E-state index < -0.39 is 65.7 Å². The van der Waals surface area contributed by atoms with E-state index >= 15 is 0 Å². The number of phosphoric acid groups is 3. The molecular formula is C21H29N2O15P3S2. The topological polar surface area (TPSA) is 250 Å². The lowest BCUT2D eigenvalue weighted by Gasteiger charge is -2.22. The number of aromatic amines is 1. The molecule has 4 unspecified atom stereocenters. The predicted molar refractivity (Wildman–Crippen MR) is 154 cm³/mol. The molecule has 0 amide bonds. The molecule has 0 aliphatic carbocycles. The second-order valence-corrected chi connectivity index (χ2v) is 16.3. The van der Waals surface area contributed by atoms with Crippen LogP contribution in [-0.2, 0) is 36.3 Å². The van der Waals surface area contributed by atoms with E-state index in [1.54, 1.807) is 45.9 Å². The fraction of sp³-hybridized carbons (Fsp3) is 0.476. The van der Waals surface area contributed by atoms with Crippen LogP contribution in [0.3, 0.4) is 0 Å². The van der Waals surface area contributed by atoms with Crippen molar-refractivity contribution in [3.8, 4) is 0 Å². The van der Waals surface area contributed by atoms with Crippen LogP contribution < -0.4 is 11.2 Å². The molecule has 2 aromatic rings. The smallest absolute Gasteiger partial charge is 0.456 e. The maximum atomic E-state index is 13.3. The Balaban J connectivity index is 1.86. The molecule has 2 heterocycles. The Kier molecular flexibility index (Phi) is 12.3. The molecule has 240 valence electrons. The highest BCUT2D eigenvalue weighted by Gasteiger charge is 2.44. The average Bonchev–Trinajstić information content (AvgIpc) is 3.28. The molecule has 1 aromatic carbocycles. The summed E-state index contributed by atoms with van der Waals surface area (Å²) in [5, 5.41) is -0.106. The first-order valence-corrected chi connectivity index (χ1v) is 19.2. The molecule has 17 nitrogen and oxygen atoms in total. The van der Waals surface area contributed by atoms with Gasteiger partial charge in [-0.25, -0.2) is 23.3 Å². The molecule has 5 N–H and O–H groups in total. The van der Waals surface area contributed by atoms with Crippen LogP contribution in [0.1, 0.15) is 53.2 Å². The Bertz CT molecular complexity index is 1580. The number of aromatic nitrogens is 2. The number of nitrogens with one attached hydrogen (secondary N) is 1. The monoisotopic (exact) mass is 706 g/mol. The van der Waals surface area contributed by atoms with E-state index in [9.17, 15) is 37.9 Å². The van der Waals surface area contributed by atoms with E-state index in [1.807, 2.05) is 13.8 Å². The fourth-order valence-electron chi connectivity index (χ4n) is 3.88. The molecule has 0 radical (unpaired) electrons. The van der Waals surface area contributed by atoms with Crippen LogP contribution in [0.15, 0.2) is 40.1 Å².